The molecule has 18 heavy (non-hydrogen) atoms. The largest absolute Gasteiger partial charge is 0.382 e. The zero-order valence-corrected chi connectivity index (χ0v) is 11.8. The number of ether oxygens (including phenoxy) is 3. The quantitative estimate of drug-likeness (QED) is 0.426. The summed E-state index contributed by atoms with van der Waals surface area (Å²) in [5, 5.41) is 10.2. The number of unbranched alkanes of at least 4 members (excludes halogenated alkanes) is 3. The lowest BCUT2D eigenvalue weighted by atomic mass is 10.3. The standard InChI is InChI=1S/C14H29O4/c1-2-16-10-5-6-12-18-14-8-7-13-17-11-4-3-9-15/h2-14H2,1H3. The van der Waals surface area contributed by atoms with Gasteiger partial charge in [0.05, 0.1) is 6.61 Å². The van der Waals surface area contributed by atoms with Crippen LogP contribution in [0, 0.1) is 0 Å². The van der Waals surface area contributed by atoms with Crippen LogP contribution in [0.4, 0.5) is 0 Å². The molecule has 0 aliphatic heterocycles. The summed E-state index contributed by atoms with van der Waals surface area (Å²) in [6.07, 6.45) is 5.86. The molecule has 0 heterocycles. The molecular weight excluding hydrogens is 232 g/mol. The molecule has 0 aromatic rings. The van der Waals surface area contributed by atoms with Crippen LogP contribution in [0.5, 0.6) is 0 Å². The number of rotatable bonds is 15. The van der Waals surface area contributed by atoms with Crippen molar-refractivity contribution in [3.05, 3.63) is 0 Å². The summed E-state index contributed by atoms with van der Waals surface area (Å²) in [4.78, 5) is 0. The van der Waals surface area contributed by atoms with E-state index in [1.54, 1.807) is 0 Å². The average molecular weight is 261 g/mol. The Kier molecular flexibility index (Phi) is 16.7. The Morgan fingerprint density at radius 1 is 0.611 bits per heavy atom. The van der Waals surface area contributed by atoms with Gasteiger partial charge in [-0.05, 0) is 45.4 Å². The molecule has 1 radical (unpaired) electrons. The van der Waals surface area contributed by atoms with Crippen molar-refractivity contribution >= 4 is 0 Å². The van der Waals surface area contributed by atoms with E-state index in [0.29, 0.717) is 0 Å². The van der Waals surface area contributed by atoms with Crippen molar-refractivity contribution in [2.24, 2.45) is 0 Å². The van der Waals surface area contributed by atoms with E-state index in [4.69, 9.17) is 14.2 Å². The maximum Gasteiger partial charge on any atom is 0.0823 e. The van der Waals surface area contributed by atoms with Crippen LogP contribution in [0.1, 0.15) is 45.4 Å². The molecule has 0 atom stereocenters. The van der Waals surface area contributed by atoms with Gasteiger partial charge in [0.1, 0.15) is 0 Å². The van der Waals surface area contributed by atoms with Crippen molar-refractivity contribution in [1.29, 1.82) is 0 Å². The highest BCUT2D eigenvalue weighted by molar-refractivity contribution is 4.42. The van der Waals surface area contributed by atoms with E-state index in [9.17, 15) is 5.11 Å². The maximum atomic E-state index is 10.2. The lowest BCUT2D eigenvalue weighted by molar-refractivity contribution is 0.0892. The minimum Gasteiger partial charge on any atom is -0.382 e. The lowest BCUT2D eigenvalue weighted by Gasteiger charge is -2.05. The first-order valence-electron chi connectivity index (χ1n) is 7.23. The van der Waals surface area contributed by atoms with Crippen LogP contribution in [-0.2, 0) is 19.3 Å². The lowest BCUT2D eigenvalue weighted by Crippen LogP contribution is -2.02. The SMILES string of the molecule is CCOCCCCOCCCCOCCCC[O]. The van der Waals surface area contributed by atoms with Crippen LogP contribution < -0.4 is 0 Å². The van der Waals surface area contributed by atoms with E-state index in [-0.39, 0.29) is 6.61 Å². The highest BCUT2D eigenvalue weighted by Gasteiger charge is 1.93. The van der Waals surface area contributed by atoms with E-state index in [1.165, 1.54) is 0 Å². The van der Waals surface area contributed by atoms with Crippen molar-refractivity contribution in [2.75, 3.05) is 46.2 Å². The zero-order chi connectivity index (χ0) is 13.3. The van der Waals surface area contributed by atoms with Crippen LogP contribution in [0.3, 0.4) is 0 Å². The summed E-state index contributed by atoms with van der Waals surface area (Å²) in [6, 6.07) is 0. The Balaban J connectivity index is 2.86. The summed E-state index contributed by atoms with van der Waals surface area (Å²) in [6.45, 7) is 6.83. The van der Waals surface area contributed by atoms with Crippen molar-refractivity contribution in [2.45, 2.75) is 45.4 Å². The molecule has 0 aromatic carbocycles. The molecule has 0 bridgehead atoms. The summed E-state index contributed by atoms with van der Waals surface area (Å²) in [5.41, 5.74) is 0. The highest BCUT2D eigenvalue weighted by atomic mass is 16.5. The van der Waals surface area contributed by atoms with E-state index >= 15 is 0 Å². The second-order valence-electron chi connectivity index (χ2n) is 4.25. The molecule has 4 heteroatoms. The molecule has 0 fully saturated rings. The molecule has 0 N–H and O–H groups in total. The Bertz CT molecular complexity index is 126. The molecule has 4 nitrogen and oxygen atoms in total. The van der Waals surface area contributed by atoms with Crippen molar-refractivity contribution < 1.29 is 19.3 Å². The normalized spacial score (nSPS) is 11.0. The number of hydrogen-bond acceptors (Lipinski definition) is 3. The molecular formula is C14H29O4. The van der Waals surface area contributed by atoms with Crippen LogP contribution >= 0.6 is 0 Å². The van der Waals surface area contributed by atoms with Gasteiger partial charge in [-0.15, -0.1) is 0 Å². The third-order valence-corrected chi connectivity index (χ3v) is 2.54. The minimum atomic E-state index is 0.0144. The van der Waals surface area contributed by atoms with Crippen molar-refractivity contribution in [3.8, 4) is 0 Å². The second kappa shape index (κ2) is 16.8. The average Bonchev–Trinajstić information content (AvgIpc) is 2.39. The van der Waals surface area contributed by atoms with Crippen molar-refractivity contribution in [1.82, 2.24) is 0 Å². The molecule has 0 aliphatic carbocycles. The van der Waals surface area contributed by atoms with Crippen LogP contribution in [0.2, 0.25) is 0 Å². The van der Waals surface area contributed by atoms with Crippen LogP contribution in [0.15, 0.2) is 0 Å². The first-order chi connectivity index (χ1) is 8.91. The monoisotopic (exact) mass is 261 g/mol. The summed E-state index contributed by atoms with van der Waals surface area (Å²) in [5.74, 6) is 0. The van der Waals surface area contributed by atoms with Gasteiger partial charge in [-0.1, -0.05) is 0 Å². The number of hydrogen-bond donors (Lipinski definition) is 0. The predicted octanol–water partition coefficient (Wildman–Crippen LogP) is 2.83. The third-order valence-electron chi connectivity index (χ3n) is 2.54. The summed E-state index contributed by atoms with van der Waals surface area (Å²) in [7, 11) is 0. The summed E-state index contributed by atoms with van der Waals surface area (Å²) >= 11 is 0. The molecule has 109 valence electrons. The van der Waals surface area contributed by atoms with Gasteiger partial charge in [-0.2, -0.15) is 0 Å². The Hall–Kier alpha value is -0.160. The van der Waals surface area contributed by atoms with E-state index in [1.807, 2.05) is 6.92 Å². The van der Waals surface area contributed by atoms with E-state index in [2.05, 4.69) is 0 Å². The molecule has 0 saturated carbocycles. The topological polar surface area (TPSA) is 47.6 Å². The third kappa shape index (κ3) is 15.8. The van der Waals surface area contributed by atoms with Gasteiger partial charge in [0.2, 0.25) is 0 Å². The highest BCUT2D eigenvalue weighted by Crippen LogP contribution is 1.96. The van der Waals surface area contributed by atoms with E-state index in [0.717, 1.165) is 78.2 Å². The van der Waals surface area contributed by atoms with Gasteiger partial charge in [0.25, 0.3) is 0 Å². The molecule has 0 rings (SSSR count). The van der Waals surface area contributed by atoms with E-state index < -0.39 is 0 Å². The van der Waals surface area contributed by atoms with Crippen molar-refractivity contribution in [3.63, 3.8) is 0 Å². The fourth-order valence-electron chi connectivity index (χ4n) is 1.47. The first-order valence-corrected chi connectivity index (χ1v) is 7.23. The van der Waals surface area contributed by atoms with Crippen LogP contribution in [0.25, 0.3) is 0 Å². The second-order valence-corrected chi connectivity index (χ2v) is 4.25. The van der Waals surface area contributed by atoms with Gasteiger partial charge in [0, 0.05) is 39.6 Å². The molecule has 0 amide bonds. The Labute approximate surface area is 112 Å². The fourth-order valence-corrected chi connectivity index (χ4v) is 1.47. The zero-order valence-electron chi connectivity index (χ0n) is 11.8. The first kappa shape index (κ1) is 17.8. The fraction of sp³-hybridized carbons (Fsp3) is 1.00. The Morgan fingerprint density at radius 3 is 1.39 bits per heavy atom. The smallest absolute Gasteiger partial charge is 0.0823 e. The molecule has 0 unspecified atom stereocenters. The maximum absolute atomic E-state index is 10.2. The Morgan fingerprint density at radius 2 is 1.00 bits per heavy atom. The molecule has 0 aromatic heterocycles. The molecule has 0 aliphatic rings. The molecule has 0 spiro atoms. The van der Waals surface area contributed by atoms with Gasteiger partial charge in [-0.3, -0.25) is 0 Å². The van der Waals surface area contributed by atoms with Gasteiger partial charge >= 0.3 is 0 Å². The van der Waals surface area contributed by atoms with Gasteiger partial charge in [0.15, 0.2) is 0 Å². The molecule has 0 saturated heterocycles. The predicted molar refractivity (Wildman–Crippen MR) is 71.4 cm³/mol. The minimum absolute atomic E-state index is 0.0144. The van der Waals surface area contributed by atoms with Gasteiger partial charge < -0.3 is 14.2 Å². The van der Waals surface area contributed by atoms with Gasteiger partial charge in [-0.25, -0.2) is 5.11 Å². The summed E-state index contributed by atoms with van der Waals surface area (Å²) < 4.78 is 16.1. The van der Waals surface area contributed by atoms with Crippen LogP contribution in [-0.4, -0.2) is 46.2 Å².